The van der Waals surface area contributed by atoms with E-state index in [1.165, 1.54) is 37.2 Å². The number of nitrogens with zero attached hydrogens (tertiary/aromatic N) is 3. The Labute approximate surface area is 139 Å². The van der Waals surface area contributed by atoms with Crippen molar-refractivity contribution in [3.05, 3.63) is 53.6 Å². The van der Waals surface area contributed by atoms with Crippen molar-refractivity contribution in [1.82, 2.24) is 14.5 Å². The Morgan fingerprint density at radius 3 is 2.87 bits per heavy atom. The summed E-state index contributed by atoms with van der Waals surface area (Å²) in [5.74, 6) is 1.74. The van der Waals surface area contributed by atoms with Gasteiger partial charge in [0, 0.05) is 38.6 Å². The molecule has 1 aromatic carbocycles. The van der Waals surface area contributed by atoms with Gasteiger partial charge in [-0.2, -0.15) is 0 Å². The maximum atomic E-state index is 5.28. The Morgan fingerprint density at radius 1 is 1.26 bits per heavy atom. The van der Waals surface area contributed by atoms with Gasteiger partial charge in [-0.05, 0) is 37.8 Å². The van der Waals surface area contributed by atoms with Crippen LogP contribution in [0, 0.1) is 12.8 Å². The molecule has 2 heterocycles. The van der Waals surface area contributed by atoms with Crippen LogP contribution in [0.4, 0.5) is 0 Å². The first-order valence-corrected chi connectivity index (χ1v) is 8.52. The number of aromatic nitrogens is 2. The number of aryl methyl sites for hydroxylation is 1. The third-order valence-corrected chi connectivity index (χ3v) is 4.70. The van der Waals surface area contributed by atoms with Gasteiger partial charge in [0.25, 0.3) is 0 Å². The summed E-state index contributed by atoms with van der Waals surface area (Å²) >= 11 is 0. The summed E-state index contributed by atoms with van der Waals surface area (Å²) < 4.78 is 7.61. The molecular weight excluding hydrogens is 286 g/mol. The molecule has 23 heavy (non-hydrogen) atoms. The first-order valence-electron chi connectivity index (χ1n) is 8.52. The third kappa shape index (κ3) is 4.21. The molecular formula is C19H27N3O. The van der Waals surface area contributed by atoms with Gasteiger partial charge < -0.3 is 9.30 Å². The molecule has 0 N–H and O–H groups in total. The standard InChI is InChI=1S/C19H27N3O/c1-16-11-20-19(15-23-2)22(16)14-18-9-6-10-21(13-18)12-17-7-4-3-5-8-17/h3-5,7-8,11,18H,6,9-10,12-15H2,1-2H3. The lowest BCUT2D eigenvalue weighted by Crippen LogP contribution is -2.36. The second-order valence-electron chi connectivity index (χ2n) is 6.59. The van der Waals surface area contributed by atoms with Crippen molar-refractivity contribution in [2.24, 2.45) is 5.92 Å². The molecule has 1 unspecified atom stereocenters. The van der Waals surface area contributed by atoms with Crippen LogP contribution in [0.15, 0.2) is 36.5 Å². The van der Waals surface area contributed by atoms with E-state index in [1.54, 1.807) is 7.11 Å². The highest BCUT2D eigenvalue weighted by molar-refractivity contribution is 5.14. The zero-order valence-electron chi connectivity index (χ0n) is 14.2. The van der Waals surface area contributed by atoms with Crippen LogP contribution in [0.3, 0.4) is 0 Å². The topological polar surface area (TPSA) is 30.3 Å². The predicted octanol–water partition coefficient (Wildman–Crippen LogP) is 3.25. The summed E-state index contributed by atoms with van der Waals surface area (Å²) in [4.78, 5) is 7.07. The normalized spacial score (nSPS) is 19.1. The van der Waals surface area contributed by atoms with Gasteiger partial charge in [0.2, 0.25) is 0 Å². The number of imidazole rings is 1. The molecule has 1 saturated heterocycles. The number of likely N-dealkylation sites (tertiary alicyclic amines) is 1. The van der Waals surface area contributed by atoms with Gasteiger partial charge in [0.1, 0.15) is 12.4 Å². The van der Waals surface area contributed by atoms with Crippen molar-refractivity contribution in [2.45, 2.75) is 39.5 Å². The predicted molar refractivity (Wildman–Crippen MR) is 92.1 cm³/mol. The van der Waals surface area contributed by atoms with Gasteiger partial charge in [-0.15, -0.1) is 0 Å². The minimum atomic E-state index is 0.592. The van der Waals surface area contributed by atoms with Crippen molar-refractivity contribution in [2.75, 3.05) is 20.2 Å². The van der Waals surface area contributed by atoms with Gasteiger partial charge >= 0.3 is 0 Å². The fourth-order valence-electron chi connectivity index (χ4n) is 3.55. The lowest BCUT2D eigenvalue weighted by atomic mass is 9.97. The molecule has 0 radical (unpaired) electrons. The van der Waals surface area contributed by atoms with Crippen molar-refractivity contribution in [1.29, 1.82) is 0 Å². The molecule has 1 aromatic heterocycles. The number of piperidine rings is 1. The van der Waals surface area contributed by atoms with Crippen molar-refractivity contribution >= 4 is 0 Å². The van der Waals surface area contributed by atoms with Crippen LogP contribution < -0.4 is 0 Å². The summed E-state index contributed by atoms with van der Waals surface area (Å²) in [5.41, 5.74) is 2.64. The molecule has 0 amide bonds. The third-order valence-electron chi connectivity index (χ3n) is 4.70. The zero-order chi connectivity index (χ0) is 16.1. The molecule has 1 aliphatic rings. The summed E-state index contributed by atoms with van der Waals surface area (Å²) in [6, 6.07) is 10.8. The highest BCUT2D eigenvalue weighted by Gasteiger charge is 2.21. The first kappa shape index (κ1) is 16.2. The highest BCUT2D eigenvalue weighted by Crippen LogP contribution is 2.21. The van der Waals surface area contributed by atoms with Crippen LogP contribution in [-0.4, -0.2) is 34.7 Å². The average Bonchev–Trinajstić information content (AvgIpc) is 2.90. The molecule has 3 rings (SSSR count). The van der Waals surface area contributed by atoms with Gasteiger partial charge in [0.15, 0.2) is 0 Å². The van der Waals surface area contributed by atoms with E-state index in [0.29, 0.717) is 12.5 Å². The molecule has 4 nitrogen and oxygen atoms in total. The minimum Gasteiger partial charge on any atom is -0.377 e. The maximum Gasteiger partial charge on any atom is 0.134 e. The summed E-state index contributed by atoms with van der Waals surface area (Å²) in [6.45, 7) is 7.21. The zero-order valence-corrected chi connectivity index (χ0v) is 14.2. The molecule has 4 heteroatoms. The van der Waals surface area contributed by atoms with E-state index in [1.807, 2.05) is 6.20 Å². The largest absolute Gasteiger partial charge is 0.377 e. The number of methoxy groups -OCH3 is 1. The van der Waals surface area contributed by atoms with E-state index < -0.39 is 0 Å². The lowest BCUT2D eigenvalue weighted by molar-refractivity contribution is 0.147. The number of hydrogen-bond donors (Lipinski definition) is 0. The Bertz CT molecular complexity index is 608. The van der Waals surface area contributed by atoms with E-state index in [-0.39, 0.29) is 0 Å². The smallest absolute Gasteiger partial charge is 0.134 e. The monoisotopic (exact) mass is 313 g/mol. The van der Waals surface area contributed by atoms with Gasteiger partial charge in [0.05, 0.1) is 0 Å². The molecule has 0 saturated carbocycles. The van der Waals surface area contributed by atoms with E-state index in [0.717, 1.165) is 18.9 Å². The van der Waals surface area contributed by atoms with Crippen LogP contribution in [-0.2, 0) is 24.4 Å². The number of ether oxygens (including phenoxy) is 1. The van der Waals surface area contributed by atoms with Crippen LogP contribution in [0.1, 0.15) is 29.9 Å². The Morgan fingerprint density at radius 2 is 2.09 bits per heavy atom. The van der Waals surface area contributed by atoms with Crippen LogP contribution >= 0.6 is 0 Å². The molecule has 2 aromatic rings. The second-order valence-corrected chi connectivity index (χ2v) is 6.59. The molecule has 124 valence electrons. The molecule has 0 bridgehead atoms. The Balaban J connectivity index is 1.62. The van der Waals surface area contributed by atoms with Gasteiger partial charge in [-0.1, -0.05) is 30.3 Å². The summed E-state index contributed by atoms with van der Waals surface area (Å²) in [6.07, 6.45) is 4.54. The minimum absolute atomic E-state index is 0.592. The second kappa shape index (κ2) is 7.75. The first-order chi connectivity index (χ1) is 11.3. The van der Waals surface area contributed by atoms with Crippen LogP contribution in [0.5, 0.6) is 0 Å². The average molecular weight is 313 g/mol. The Hall–Kier alpha value is -1.65. The van der Waals surface area contributed by atoms with E-state index in [9.17, 15) is 0 Å². The molecule has 1 fully saturated rings. The van der Waals surface area contributed by atoms with Gasteiger partial charge in [-0.3, -0.25) is 4.90 Å². The molecule has 0 aliphatic carbocycles. The van der Waals surface area contributed by atoms with Crippen molar-refractivity contribution < 1.29 is 4.74 Å². The summed E-state index contributed by atoms with van der Waals surface area (Å²) in [7, 11) is 1.73. The molecule has 1 atom stereocenters. The highest BCUT2D eigenvalue weighted by atomic mass is 16.5. The molecule has 1 aliphatic heterocycles. The van der Waals surface area contributed by atoms with E-state index >= 15 is 0 Å². The van der Waals surface area contributed by atoms with E-state index in [4.69, 9.17) is 4.74 Å². The Kier molecular flexibility index (Phi) is 5.47. The number of benzene rings is 1. The summed E-state index contributed by atoms with van der Waals surface area (Å²) in [5, 5.41) is 0. The fourth-order valence-corrected chi connectivity index (χ4v) is 3.55. The molecule has 0 spiro atoms. The SMILES string of the molecule is COCc1ncc(C)n1CC1CCCN(Cc2ccccc2)C1. The number of rotatable bonds is 6. The fraction of sp³-hybridized carbons (Fsp3) is 0.526. The number of hydrogen-bond acceptors (Lipinski definition) is 3. The van der Waals surface area contributed by atoms with Crippen LogP contribution in [0.2, 0.25) is 0 Å². The van der Waals surface area contributed by atoms with E-state index in [2.05, 4.69) is 51.7 Å². The maximum absolute atomic E-state index is 5.28. The van der Waals surface area contributed by atoms with Crippen molar-refractivity contribution in [3.63, 3.8) is 0 Å². The quantitative estimate of drug-likeness (QED) is 0.820. The van der Waals surface area contributed by atoms with Crippen molar-refractivity contribution in [3.8, 4) is 0 Å². The van der Waals surface area contributed by atoms with Crippen LogP contribution in [0.25, 0.3) is 0 Å². The lowest BCUT2D eigenvalue weighted by Gasteiger charge is -2.33. The van der Waals surface area contributed by atoms with Gasteiger partial charge in [-0.25, -0.2) is 4.98 Å².